The Balaban J connectivity index is 3.54. The van der Waals surface area contributed by atoms with Gasteiger partial charge < -0.3 is 10.6 Å². The van der Waals surface area contributed by atoms with Crippen LogP contribution in [0.1, 0.15) is 27.7 Å². The van der Waals surface area contributed by atoms with E-state index in [0.29, 0.717) is 0 Å². The number of Topliss-reactive ketones (excluding diaryl/α,β-unsaturated/α-hetero) is 1. The molecule has 0 heterocycles. The smallest absolute Gasteiger partial charge is 0.234 e. The van der Waals surface area contributed by atoms with E-state index < -0.39 is 0 Å². The zero-order chi connectivity index (χ0) is 11.1. The van der Waals surface area contributed by atoms with Crippen molar-refractivity contribution in [2.75, 3.05) is 13.1 Å². The molecular weight excluding hydrogens is 180 g/mol. The van der Waals surface area contributed by atoms with E-state index in [-0.39, 0.29) is 36.7 Å². The minimum Gasteiger partial charge on any atom is -0.353 e. The standard InChI is InChI=1S/C10H20N2O2/c1-7(2)9(13)5-11-6-10(14)12-8(3)4/h7-8,11H,5-6H2,1-4H3,(H,12,14). The molecule has 0 aromatic carbocycles. The second kappa shape index (κ2) is 6.54. The fraction of sp³-hybridized carbons (Fsp3) is 0.800. The van der Waals surface area contributed by atoms with Gasteiger partial charge >= 0.3 is 0 Å². The Hall–Kier alpha value is -0.900. The van der Waals surface area contributed by atoms with Crippen molar-refractivity contribution in [2.45, 2.75) is 33.7 Å². The van der Waals surface area contributed by atoms with Crippen LogP contribution in [0.25, 0.3) is 0 Å². The summed E-state index contributed by atoms with van der Waals surface area (Å²) < 4.78 is 0. The van der Waals surface area contributed by atoms with Gasteiger partial charge in [-0.1, -0.05) is 13.8 Å². The first-order valence-electron chi connectivity index (χ1n) is 4.96. The van der Waals surface area contributed by atoms with Crippen LogP contribution in [0.4, 0.5) is 0 Å². The lowest BCUT2D eigenvalue weighted by Gasteiger charge is -2.09. The summed E-state index contributed by atoms with van der Waals surface area (Å²) in [6.45, 7) is 7.96. The summed E-state index contributed by atoms with van der Waals surface area (Å²) >= 11 is 0. The normalized spacial score (nSPS) is 10.7. The van der Waals surface area contributed by atoms with E-state index in [1.807, 2.05) is 27.7 Å². The average Bonchev–Trinajstić information content (AvgIpc) is 2.02. The van der Waals surface area contributed by atoms with Crippen molar-refractivity contribution < 1.29 is 9.59 Å². The second-order valence-corrected chi connectivity index (χ2v) is 3.95. The number of nitrogens with one attached hydrogen (secondary N) is 2. The number of amides is 1. The van der Waals surface area contributed by atoms with Gasteiger partial charge in [0.1, 0.15) is 5.78 Å². The molecule has 0 aromatic rings. The molecule has 82 valence electrons. The van der Waals surface area contributed by atoms with Crippen LogP contribution in [-0.4, -0.2) is 30.8 Å². The predicted molar refractivity (Wildman–Crippen MR) is 56.0 cm³/mol. The highest BCUT2D eigenvalue weighted by Crippen LogP contribution is 1.91. The number of carbonyl (C=O) groups is 2. The van der Waals surface area contributed by atoms with Gasteiger partial charge in [-0.2, -0.15) is 0 Å². The van der Waals surface area contributed by atoms with Crippen LogP contribution in [-0.2, 0) is 9.59 Å². The summed E-state index contributed by atoms with van der Waals surface area (Å²) in [6, 6.07) is 0.144. The Morgan fingerprint density at radius 1 is 1.07 bits per heavy atom. The first-order valence-corrected chi connectivity index (χ1v) is 4.96. The molecule has 14 heavy (non-hydrogen) atoms. The van der Waals surface area contributed by atoms with Crippen LogP contribution in [0.3, 0.4) is 0 Å². The van der Waals surface area contributed by atoms with Crippen molar-refractivity contribution >= 4 is 11.7 Å². The number of ketones is 1. The molecule has 0 saturated carbocycles. The maximum atomic E-state index is 11.2. The van der Waals surface area contributed by atoms with Crippen molar-refractivity contribution in [1.82, 2.24) is 10.6 Å². The van der Waals surface area contributed by atoms with Crippen LogP contribution in [0, 0.1) is 5.92 Å². The van der Waals surface area contributed by atoms with Crippen molar-refractivity contribution in [2.24, 2.45) is 5.92 Å². The molecule has 4 heteroatoms. The molecule has 4 nitrogen and oxygen atoms in total. The Morgan fingerprint density at radius 3 is 2.07 bits per heavy atom. The highest BCUT2D eigenvalue weighted by molar-refractivity contribution is 5.83. The number of hydrogen-bond donors (Lipinski definition) is 2. The molecule has 2 N–H and O–H groups in total. The molecule has 0 radical (unpaired) electrons. The van der Waals surface area contributed by atoms with Crippen LogP contribution in [0.2, 0.25) is 0 Å². The zero-order valence-corrected chi connectivity index (χ0v) is 9.39. The van der Waals surface area contributed by atoms with Gasteiger partial charge in [0, 0.05) is 12.0 Å². The van der Waals surface area contributed by atoms with E-state index in [1.165, 1.54) is 0 Å². The highest BCUT2D eigenvalue weighted by atomic mass is 16.2. The lowest BCUT2D eigenvalue weighted by atomic mass is 10.1. The SMILES string of the molecule is CC(C)NC(=O)CNCC(=O)C(C)C. The summed E-state index contributed by atoms with van der Waals surface area (Å²) in [5.41, 5.74) is 0. The third-order valence-electron chi connectivity index (χ3n) is 1.68. The van der Waals surface area contributed by atoms with E-state index in [1.54, 1.807) is 0 Å². The van der Waals surface area contributed by atoms with E-state index in [9.17, 15) is 9.59 Å². The zero-order valence-electron chi connectivity index (χ0n) is 9.39. The molecule has 0 rings (SSSR count). The second-order valence-electron chi connectivity index (χ2n) is 3.95. The third-order valence-corrected chi connectivity index (χ3v) is 1.68. The van der Waals surface area contributed by atoms with E-state index in [0.717, 1.165) is 0 Å². The number of rotatable bonds is 6. The molecule has 0 aromatic heterocycles. The van der Waals surface area contributed by atoms with Gasteiger partial charge in [-0.25, -0.2) is 0 Å². The Morgan fingerprint density at radius 2 is 1.64 bits per heavy atom. The molecule has 0 aliphatic rings. The Labute approximate surface area is 85.4 Å². The van der Waals surface area contributed by atoms with Crippen LogP contribution in [0.5, 0.6) is 0 Å². The summed E-state index contributed by atoms with van der Waals surface area (Å²) in [5, 5.41) is 5.54. The van der Waals surface area contributed by atoms with Gasteiger partial charge in [0.05, 0.1) is 13.1 Å². The molecule has 0 saturated heterocycles. The van der Waals surface area contributed by atoms with Gasteiger partial charge in [-0.05, 0) is 13.8 Å². The molecule has 0 spiro atoms. The highest BCUT2D eigenvalue weighted by Gasteiger charge is 2.07. The van der Waals surface area contributed by atoms with Gasteiger partial charge in [-0.15, -0.1) is 0 Å². The predicted octanol–water partition coefficient (Wildman–Crippen LogP) is 0.326. The summed E-state index contributed by atoms with van der Waals surface area (Å²) in [5.74, 6) is 0.0783. The maximum Gasteiger partial charge on any atom is 0.234 e. The monoisotopic (exact) mass is 200 g/mol. The van der Waals surface area contributed by atoms with Gasteiger partial charge in [0.2, 0.25) is 5.91 Å². The van der Waals surface area contributed by atoms with Crippen LogP contribution in [0.15, 0.2) is 0 Å². The molecule has 0 bridgehead atoms. The minimum atomic E-state index is -0.0726. The summed E-state index contributed by atoms with van der Waals surface area (Å²) in [7, 11) is 0. The van der Waals surface area contributed by atoms with E-state index in [2.05, 4.69) is 10.6 Å². The minimum absolute atomic E-state index is 0.0238. The fourth-order valence-electron chi connectivity index (χ4n) is 0.876. The molecule has 0 unspecified atom stereocenters. The molecule has 0 fully saturated rings. The van der Waals surface area contributed by atoms with Crippen molar-refractivity contribution in [3.05, 3.63) is 0 Å². The largest absolute Gasteiger partial charge is 0.353 e. The topological polar surface area (TPSA) is 58.2 Å². The Bertz CT molecular complexity index is 200. The lowest BCUT2D eigenvalue weighted by molar-refractivity contribution is -0.122. The first-order chi connectivity index (χ1) is 6.43. The summed E-state index contributed by atoms with van der Waals surface area (Å²) in [4.78, 5) is 22.3. The van der Waals surface area contributed by atoms with Crippen LogP contribution >= 0.6 is 0 Å². The molecule has 1 amide bonds. The maximum absolute atomic E-state index is 11.2. The molecule has 0 aliphatic heterocycles. The molecule has 0 atom stereocenters. The number of carbonyl (C=O) groups excluding carboxylic acids is 2. The molecule has 0 aliphatic carbocycles. The van der Waals surface area contributed by atoms with Crippen molar-refractivity contribution in [1.29, 1.82) is 0 Å². The Kier molecular flexibility index (Phi) is 6.12. The quantitative estimate of drug-likeness (QED) is 0.649. The molecular formula is C10H20N2O2. The lowest BCUT2D eigenvalue weighted by Crippen LogP contribution is -2.39. The summed E-state index contributed by atoms with van der Waals surface area (Å²) in [6.07, 6.45) is 0. The van der Waals surface area contributed by atoms with Gasteiger partial charge in [-0.3, -0.25) is 9.59 Å². The van der Waals surface area contributed by atoms with E-state index >= 15 is 0 Å². The van der Waals surface area contributed by atoms with Gasteiger partial charge in [0.25, 0.3) is 0 Å². The van der Waals surface area contributed by atoms with Crippen LogP contribution < -0.4 is 10.6 Å². The average molecular weight is 200 g/mol. The van der Waals surface area contributed by atoms with Gasteiger partial charge in [0.15, 0.2) is 0 Å². The number of hydrogen-bond acceptors (Lipinski definition) is 3. The first kappa shape index (κ1) is 13.1. The fourth-order valence-corrected chi connectivity index (χ4v) is 0.876. The van der Waals surface area contributed by atoms with Crippen molar-refractivity contribution in [3.8, 4) is 0 Å². The van der Waals surface area contributed by atoms with E-state index in [4.69, 9.17) is 0 Å². The van der Waals surface area contributed by atoms with Crippen molar-refractivity contribution in [3.63, 3.8) is 0 Å². The third kappa shape index (κ3) is 6.60.